The lowest BCUT2D eigenvalue weighted by molar-refractivity contribution is -0.120. The molecule has 154 valence electrons. The number of carbonyl (C=O) groups is 1. The van der Waals surface area contributed by atoms with Gasteiger partial charge >= 0.3 is 0 Å². The normalized spacial score (nSPS) is 17.0. The zero-order chi connectivity index (χ0) is 20.9. The first kappa shape index (κ1) is 18.7. The van der Waals surface area contributed by atoms with Crippen molar-refractivity contribution in [2.24, 2.45) is 0 Å². The molecule has 0 aromatic heterocycles. The second-order valence-electron chi connectivity index (χ2n) is 7.34. The minimum absolute atomic E-state index is 0.239. The third kappa shape index (κ3) is 2.95. The monoisotopic (exact) mass is 424 g/mol. The van der Waals surface area contributed by atoms with Gasteiger partial charge in [0.25, 0.3) is 10.0 Å². The number of rotatable bonds is 4. The average molecular weight is 424 g/mol. The molecule has 0 saturated carbocycles. The van der Waals surface area contributed by atoms with Crippen molar-refractivity contribution >= 4 is 32.4 Å². The van der Waals surface area contributed by atoms with Gasteiger partial charge in [-0.05, 0) is 42.1 Å². The van der Waals surface area contributed by atoms with Gasteiger partial charge in [-0.25, -0.2) is 8.42 Å². The maximum Gasteiger partial charge on any atom is 0.265 e. The van der Waals surface area contributed by atoms with Gasteiger partial charge in [0.05, 0.1) is 16.6 Å². The summed E-state index contributed by atoms with van der Waals surface area (Å²) in [6.07, 6.45) is 0. The van der Waals surface area contributed by atoms with Gasteiger partial charge in [-0.1, -0.05) is 30.3 Å². The maximum absolute atomic E-state index is 13.0. The Bertz CT molecular complexity index is 1270. The Kier molecular flexibility index (Phi) is 4.32. The lowest BCUT2D eigenvalue weighted by atomic mass is 10.1. The summed E-state index contributed by atoms with van der Waals surface area (Å²) in [5.41, 5.74) is 1.38. The number of fused-ring (bicyclic) bond motifs is 1. The SMILES string of the molecule is CC(NC(=O)CN1c2cccc3cccc(c23)S1(=O)=O)c1ccc2c(c1)OCCO2. The molecule has 0 saturated heterocycles. The molecule has 2 heterocycles. The van der Waals surface area contributed by atoms with E-state index in [0.717, 1.165) is 10.9 Å². The number of sulfonamides is 1. The number of nitrogens with zero attached hydrogens (tertiary/aromatic N) is 1. The van der Waals surface area contributed by atoms with Crippen molar-refractivity contribution in [2.45, 2.75) is 17.9 Å². The highest BCUT2D eigenvalue weighted by Gasteiger charge is 2.36. The van der Waals surface area contributed by atoms with Gasteiger partial charge in [0, 0.05) is 5.39 Å². The van der Waals surface area contributed by atoms with Crippen molar-refractivity contribution in [1.82, 2.24) is 5.32 Å². The molecule has 0 radical (unpaired) electrons. The van der Waals surface area contributed by atoms with Gasteiger partial charge in [0.1, 0.15) is 19.8 Å². The molecular formula is C22H20N2O5S. The third-order valence-electron chi connectivity index (χ3n) is 5.41. The van der Waals surface area contributed by atoms with Crippen LogP contribution >= 0.6 is 0 Å². The highest BCUT2D eigenvalue weighted by molar-refractivity contribution is 7.93. The molecule has 0 fully saturated rings. The molecule has 0 aliphatic carbocycles. The fourth-order valence-corrected chi connectivity index (χ4v) is 5.63. The van der Waals surface area contributed by atoms with Gasteiger partial charge in [-0.15, -0.1) is 0 Å². The Balaban J connectivity index is 1.37. The number of anilines is 1. The molecule has 2 aliphatic heterocycles. The number of benzene rings is 3. The summed E-state index contributed by atoms with van der Waals surface area (Å²) in [7, 11) is -3.77. The van der Waals surface area contributed by atoms with Crippen LogP contribution in [0.3, 0.4) is 0 Å². The Morgan fingerprint density at radius 2 is 1.80 bits per heavy atom. The molecule has 1 atom stereocenters. The Labute approximate surface area is 174 Å². The predicted molar refractivity (Wildman–Crippen MR) is 112 cm³/mol. The molecule has 5 rings (SSSR count). The van der Waals surface area contributed by atoms with E-state index in [4.69, 9.17) is 9.47 Å². The quantitative estimate of drug-likeness (QED) is 0.696. The summed E-state index contributed by atoms with van der Waals surface area (Å²) >= 11 is 0. The summed E-state index contributed by atoms with van der Waals surface area (Å²) in [6, 6.07) is 15.7. The molecule has 0 spiro atoms. The minimum Gasteiger partial charge on any atom is -0.486 e. The molecule has 2 aliphatic rings. The lowest BCUT2D eigenvalue weighted by Crippen LogP contribution is -2.39. The second kappa shape index (κ2) is 6.91. The van der Waals surface area contributed by atoms with Crippen LogP contribution in [0, 0.1) is 0 Å². The van der Waals surface area contributed by atoms with Crippen LogP contribution in [0.5, 0.6) is 11.5 Å². The molecule has 1 N–H and O–H groups in total. The molecule has 30 heavy (non-hydrogen) atoms. The molecule has 1 unspecified atom stereocenters. The fourth-order valence-electron chi connectivity index (χ4n) is 3.96. The average Bonchev–Trinajstić information content (AvgIpc) is 2.96. The molecule has 0 bridgehead atoms. The zero-order valence-corrected chi connectivity index (χ0v) is 17.1. The van der Waals surface area contributed by atoms with Crippen LogP contribution in [-0.2, 0) is 14.8 Å². The largest absolute Gasteiger partial charge is 0.486 e. The number of carbonyl (C=O) groups excluding carboxylic acids is 1. The van der Waals surface area contributed by atoms with Crippen LogP contribution in [0.1, 0.15) is 18.5 Å². The Morgan fingerprint density at radius 3 is 2.60 bits per heavy atom. The van der Waals surface area contributed by atoms with E-state index < -0.39 is 10.0 Å². The summed E-state index contributed by atoms with van der Waals surface area (Å²) < 4.78 is 38.4. The van der Waals surface area contributed by atoms with Crippen molar-refractivity contribution < 1.29 is 22.7 Å². The summed E-state index contributed by atoms with van der Waals surface area (Å²) in [5.74, 6) is 0.937. The van der Waals surface area contributed by atoms with E-state index in [1.807, 2.05) is 37.3 Å². The van der Waals surface area contributed by atoms with Crippen LogP contribution < -0.4 is 19.1 Å². The maximum atomic E-state index is 13.0. The molecule has 7 nitrogen and oxygen atoms in total. The van der Waals surface area contributed by atoms with E-state index in [0.29, 0.717) is 35.8 Å². The van der Waals surface area contributed by atoms with Crippen LogP contribution in [0.25, 0.3) is 10.8 Å². The number of ether oxygens (including phenoxy) is 2. The summed E-state index contributed by atoms with van der Waals surface area (Å²) in [6.45, 7) is 2.55. The standard InChI is InChI=1S/C22H20N2O5S/c1-14(16-8-9-18-19(12-16)29-11-10-28-18)23-21(25)13-24-17-6-2-4-15-5-3-7-20(22(15)17)30(24,26)27/h2-9,12,14H,10-11,13H2,1H3,(H,23,25). The highest BCUT2D eigenvalue weighted by Crippen LogP contribution is 2.41. The van der Waals surface area contributed by atoms with Crippen molar-refractivity contribution in [3.05, 3.63) is 60.2 Å². The van der Waals surface area contributed by atoms with Crippen molar-refractivity contribution in [3.8, 4) is 11.5 Å². The van der Waals surface area contributed by atoms with Gasteiger partial charge in [0.15, 0.2) is 11.5 Å². The van der Waals surface area contributed by atoms with E-state index in [2.05, 4.69) is 5.32 Å². The Morgan fingerprint density at radius 1 is 1.07 bits per heavy atom. The minimum atomic E-state index is -3.77. The van der Waals surface area contributed by atoms with E-state index in [-0.39, 0.29) is 23.4 Å². The third-order valence-corrected chi connectivity index (χ3v) is 7.21. The van der Waals surface area contributed by atoms with E-state index in [9.17, 15) is 13.2 Å². The highest BCUT2D eigenvalue weighted by atomic mass is 32.2. The van der Waals surface area contributed by atoms with E-state index in [1.54, 1.807) is 24.3 Å². The van der Waals surface area contributed by atoms with Crippen molar-refractivity contribution in [3.63, 3.8) is 0 Å². The van der Waals surface area contributed by atoms with Crippen LogP contribution in [-0.4, -0.2) is 34.1 Å². The topological polar surface area (TPSA) is 84.9 Å². The van der Waals surface area contributed by atoms with E-state index >= 15 is 0 Å². The molecule has 3 aromatic rings. The zero-order valence-electron chi connectivity index (χ0n) is 16.3. The van der Waals surface area contributed by atoms with Gasteiger partial charge in [-0.3, -0.25) is 9.10 Å². The first-order valence-electron chi connectivity index (χ1n) is 9.68. The number of hydrogen-bond donors (Lipinski definition) is 1. The first-order chi connectivity index (χ1) is 14.4. The number of nitrogens with one attached hydrogen (secondary N) is 1. The van der Waals surface area contributed by atoms with Gasteiger partial charge in [0.2, 0.25) is 5.91 Å². The predicted octanol–water partition coefficient (Wildman–Crippen LogP) is 3.00. The summed E-state index contributed by atoms with van der Waals surface area (Å²) in [5, 5.41) is 4.38. The molecule has 1 amide bonds. The van der Waals surface area contributed by atoms with Gasteiger partial charge in [-0.2, -0.15) is 0 Å². The van der Waals surface area contributed by atoms with Crippen molar-refractivity contribution in [1.29, 1.82) is 0 Å². The molecule has 3 aromatic carbocycles. The lowest BCUT2D eigenvalue weighted by Gasteiger charge is -2.22. The second-order valence-corrected chi connectivity index (χ2v) is 9.17. The molecular weight excluding hydrogens is 404 g/mol. The molecule has 8 heteroatoms. The Hall–Kier alpha value is -3.26. The van der Waals surface area contributed by atoms with Crippen LogP contribution in [0.15, 0.2) is 59.5 Å². The first-order valence-corrected chi connectivity index (χ1v) is 11.1. The van der Waals surface area contributed by atoms with Crippen LogP contribution in [0.4, 0.5) is 5.69 Å². The fraction of sp³-hybridized carbons (Fsp3) is 0.227. The smallest absolute Gasteiger partial charge is 0.265 e. The van der Waals surface area contributed by atoms with E-state index in [1.165, 1.54) is 4.31 Å². The summed E-state index contributed by atoms with van der Waals surface area (Å²) in [4.78, 5) is 13.0. The van der Waals surface area contributed by atoms with Gasteiger partial charge < -0.3 is 14.8 Å². The number of amides is 1. The number of hydrogen-bond acceptors (Lipinski definition) is 5. The van der Waals surface area contributed by atoms with Crippen molar-refractivity contribution in [2.75, 3.05) is 24.1 Å². The van der Waals surface area contributed by atoms with Crippen LogP contribution in [0.2, 0.25) is 0 Å².